The van der Waals surface area contributed by atoms with Gasteiger partial charge in [-0.1, -0.05) is 48.5 Å². The summed E-state index contributed by atoms with van der Waals surface area (Å²) in [4.78, 5) is 26.8. The fraction of sp³-hybridized carbons (Fsp3) is 0.250. The van der Waals surface area contributed by atoms with Gasteiger partial charge in [-0.2, -0.15) is 0 Å². The van der Waals surface area contributed by atoms with Crippen molar-refractivity contribution in [3.8, 4) is 5.75 Å². The van der Waals surface area contributed by atoms with Crippen LogP contribution in [0.2, 0.25) is 0 Å². The molecule has 3 aromatic rings. The highest BCUT2D eigenvalue weighted by Crippen LogP contribution is 2.33. The van der Waals surface area contributed by atoms with Gasteiger partial charge in [-0.05, 0) is 52.7 Å². The molecule has 0 bridgehead atoms. The fourth-order valence-corrected chi connectivity index (χ4v) is 3.87. The number of rotatable bonds is 8. The summed E-state index contributed by atoms with van der Waals surface area (Å²) in [6.45, 7) is 3.54. The van der Waals surface area contributed by atoms with E-state index in [-0.39, 0.29) is 19.1 Å². The number of hydrogen-bond donors (Lipinski definition) is 1. The Hall–Kier alpha value is -2.93. The number of amides is 2. The summed E-state index contributed by atoms with van der Waals surface area (Å²) in [7, 11) is 0. The molecule has 0 heterocycles. The molecule has 0 saturated heterocycles. The molecular weight excluding hydrogens is 463 g/mol. The number of hydrogen-bond acceptors (Lipinski definition) is 3. The number of benzene rings is 3. The Kier molecular flexibility index (Phi) is 7.63. The van der Waals surface area contributed by atoms with Crippen LogP contribution in [0.4, 0.5) is 4.39 Å². The van der Waals surface area contributed by atoms with Crippen molar-refractivity contribution in [2.45, 2.75) is 26.4 Å². The van der Waals surface area contributed by atoms with Gasteiger partial charge in [-0.25, -0.2) is 4.39 Å². The molecule has 1 atom stereocenters. The molecule has 1 N–H and O–H groups in total. The quantitative estimate of drug-likeness (QED) is 0.503. The number of nitrogens with zero attached hydrogens (tertiary/aromatic N) is 1. The van der Waals surface area contributed by atoms with E-state index in [9.17, 15) is 14.0 Å². The topological polar surface area (TPSA) is 58.6 Å². The Balaban J connectivity index is 1.80. The van der Waals surface area contributed by atoms with E-state index in [4.69, 9.17) is 4.74 Å². The van der Waals surface area contributed by atoms with E-state index in [1.165, 1.54) is 11.0 Å². The Morgan fingerprint density at radius 1 is 1.10 bits per heavy atom. The molecule has 0 aromatic heterocycles. The first-order valence-corrected chi connectivity index (χ1v) is 10.8. The van der Waals surface area contributed by atoms with Crippen molar-refractivity contribution in [2.75, 3.05) is 13.2 Å². The lowest BCUT2D eigenvalue weighted by Gasteiger charge is -2.28. The lowest BCUT2D eigenvalue weighted by molar-refractivity contribution is -0.142. The second-order valence-corrected chi connectivity index (χ2v) is 7.86. The van der Waals surface area contributed by atoms with E-state index in [0.717, 1.165) is 15.2 Å². The van der Waals surface area contributed by atoms with Crippen molar-refractivity contribution in [3.63, 3.8) is 0 Å². The van der Waals surface area contributed by atoms with E-state index in [1.807, 2.05) is 30.3 Å². The van der Waals surface area contributed by atoms with E-state index < -0.39 is 17.8 Å². The zero-order valence-corrected chi connectivity index (χ0v) is 19.0. The van der Waals surface area contributed by atoms with Gasteiger partial charge in [-0.3, -0.25) is 9.59 Å². The van der Waals surface area contributed by atoms with E-state index in [0.29, 0.717) is 17.9 Å². The minimum absolute atomic E-state index is 0.0357. The highest BCUT2D eigenvalue weighted by molar-refractivity contribution is 9.10. The summed E-state index contributed by atoms with van der Waals surface area (Å²) >= 11 is 3.54. The number of fused-ring (bicyclic) bond motifs is 1. The number of carbonyl (C=O) groups is 2. The number of carbonyl (C=O) groups excluding carboxylic acids is 2. The van der Waals surface area contributed by atoms with Crippen molar-refractivity contribution in [3.05, 3.63) is 76.5 Å². The van der Waals surface area contributed by atoms with Gasteiger partial charge < -0.3 is 15.0 Å². The van der Waals surface area contributed by atoms with Crippen LogP contribution in [0.1, 0.15) is 19.4 Å². The van der Waals surface area contributed by atoms with Crippen molar-refractivity contribution in [1.82, 2.24) is 10.2 Å². The summed E-state index contributed by atoms with van der Waals surface area (Å²) in [5.74, 6) is -0.633. The molecule has 31 heavy (non-hydrogen) atoms. The maximum Gasteiger partial charge on any atom is 0.261 e. The van der Waals surface area contributed by atoms with Crippen molar-refractivity contribution < 1.29 is 18.7 Å². The lowest BCUT2D eigenvalue weighted by atomic mass is 10.1. The smallest absolute Gasteiger partial charge is 0.261 e. The monoisotopic (exact) mass is 486 g/mol. The molecule has 0 spiro atoms. The summed E-state index contributed by atoms with van der Waals surface area (Å²) in [6.07, 6.45) is 0. The fourth-order valence-electron chi connectivity index (χ4n) is 3.26. The van der Waals surface area contributed by atoms with Gasteiger partial charge in [0, 0.05) is 18.7 Å². The molecule has 0 unspecified atom stereocenters. The van der Waals surface area contributed by atoms with Gasteiger partial charge in [0.1, 0.15) is 17.6 Å². The highest BCUT2D eigenvalue weighted by atomic mass is 79.9. The zero-order chi connectivity index (χ0) is 22.4. The van der Waals surface area contributed by atoms with Crippen LogP contribution in [0.15, 0.2) is 65.1 Å². The molecule has 162 valence electrons. The second kappa shape index (κ2) is 10.4. The molecule has 2 amide bonds. The van der Waals surface area contributed by atoms with Gasteiger partial charge in [0.05, 0.1) is 4.47 Å². The molecule has 7 heteroatoms. The molecule has 0 aliphatic heterocycles. The average Bonchev–Trinajstić information content (AvgIpc) is 2.78. The molecule has 0 radical (unpaired) electrons. The molecule has 3 aromatic carbocycles. The second-order valence-electron chi connectivity index (χ2n) is 7.07. The number of nitrogens with one attached hydrogen (secondary N) is 1. The third-order valence-electron chi connectivity index (χ3n) is 5.00. The number of halogens is 2. The van der Waals surface area contributed by atoms with Gasteiger partial charge in [-0.15, -0.1) is 0 Å². The molecule has 0 aliphatic rings. The summed E-state index contributed by atoms with van der Waals surface area (Å²) in [5, 5.41) is 4.71. The van der Waals surface area contributed by atoms with Crippen molar-refractivity contribution in [2.24, 2.45) is 0 Å². The van der Waals surface area contributed by atoms with Crippen LogP contribution in [0.3, 0.4) is 0 Å². The largest absolute Gasteiger partial charge is 0.483 e. The average molecular weight is 487 g/mol. The van der Waals surface area contributed by atoms with Gasteiger partial charge in [0.15, 0.2) is 6.61 Å². The first-order valence-electron chi connectivity index (χ1n) is 10.0. The SMILES string of the molecule is CCNC(=O)[C@@H](C)N(Cc1ccccc1F)C(=O)COc1ccc2ccccc2c1Br. The van der Waals surface area contributed by atoms with Crippen LogP contribution in [-0.2, 0) is 16.1 Å². The highest BCUT2D eigenvalue weighted by Gasteiger charge is 2.27. The zero-order valence-electron chi connectivity index (χ0n) is 17.4. The number of ether oxygens (including phenoxy) is 1. The Morgan fingerprint density at radius 3 is 2.55 bits per heavy atom. The number of likely N-dealkylation sites (N-methyl/N-ethyl adjacent to an activating group) is 1. The molecule has 0 aliphatic carbocycles. The third-order valence-corrected chi connectivity index (χ3v) is 5.81. The van der Waals surface area contributed by atoms with Crippen LogP contribution >= 0.6 is 15.9 Å². The normalized spacial score (nSPS) is 11.7. The maximum absolute atomic E-state index is 14.2. The van der Waals surface area contributed by atoms with E-state index >= 15 is 0 Å². The van der Waals surface area contributed by atoms with Crippen LogP contribution in [0, 0.1) is 5.82 Å². The molecule has 5 nitrogen and oxygen atoms in total. The lowest BCUT2D eigenvalue weighted by Crippen LogP contribution is -2.49. The van der Waals surface area contributed by atoms with E-state index in [2.05, 4.69) is 21.2 Å². The summed E-state index contributed by atoms with van der Waals surface area (Å²) in [6, 6.07) is 16.9. The molecule has 0 saturated carbocycles. The third kappa shape index (κ3) is 5.41. The van der Waals surface area contributed by atoms with Gasteiger partial charge in [0.25, 0.3) is 5.91 Å². The minimum Gasteiger partial charge on any atom is -0.483 e. The maximum atomic E-state index is 14.2. The van der Waals surface area contributed by atoms with Crippen LogP contribution in [-0.4, -0.2) is 35.9 Å². The first-order chi connectivity index (χ1) is 14.9. The Labute approximate surface area is 189 Å². The van der Waals surface area contributed by atoms with Crippen molar-refractivity contribution >= 4 is 38.5 Å². The first kappa shape index (κ1) is 22.7. The molecule has 0 fully saturated rings. The van der Waals surface area contributed by atoms with Crippen molar-refractivity contribution in [1.29, 1.82) is 0 Å². The predicted octanol–water partition coefficient (Wildman–Crippen LogP) is 4.67. The van der Waals surface area contributed by atoms with E-state index in [1.54, 1.807) is 38.1 Å². The molecular formula is C24H24BrFN2O3. The molecule has 3 rings (SSSR count). The Bertz CT molecular complexity index is 1090. The Morgan fingerprint density at radius 2 is 1.81 bits per heavy atom. The van der Waals surface area contributed by atoms with Crippen LogP contribution in [0.25, 0.3) is 10.8 Å². The predicted molar refractivity (Wildman–Crippen MR) is 122 cm³/mol. The van der Waals surface area contributed by atoms with Gasteiger partial charge in [0.2, 0.25) is 5.91 Å². The summed E-state index contributed by atoms with van der Waals surface area (Å²) < 4.78 is 20.7. The summed E-state index contributed by atoms with van der Waals surface area (Å²) in [5.41, 5.74) is 0.332. The van der Waals surface area contributed by atoms with Crippen LogP contribution in [0.5, 0.6) is 5.75 Å². The van der Waals surface area contributed by atoms with Crippen LogP contribution < -0.4 is 10.1 Å². The standard InChI is InChI=1S/C24H24BrFN2O3/c1-3-27-24(30)16(2)28(14-18-9-5-7-11-20(18)26)22(29)15-31-21-13-12-17-8-4-6-10-19(17)23(21)25/h4-13,16H,3,14-15H2,1-2H3,(H,27,30)/t16-/m1/s1. The van der Waals surface area contributed by atoms with Gasteiger partial charge >= 0.3 is 0 Å². The minimum atomic E-state index is -0.782.